The van der Waals surface area contributed by atoms with Crippen molar-refractivity contribution in [2.24, 2.45) is 0 Å². The second-order valence-corrected chi connectivity index (χ2v) is 4.59. The molecule has 0 aliphatic carbocycles. The number of carbonyl (C=O) groups is 1. The number of fused-ring (bicyclic) bond motifs is 1. The summed E-state index contributed by atoms with van der Waals surface area (Å²) in [6.07, 6.45) is 1.56. The van der Waals surface area contributed by atoms with Crippen molar-refractivity contribution in [3.63, 3.8) is 0 Å². The van der Waals surface area contributed by atoms with E-state index in [1.807, 2.05) is 0 Å². The van der Waals surface area contributed by atoms with Gasteiger partial charge >= 0.3 is 5.97 Å². The average Bonchev–Trinajstić information content (AvgIpc) is 3.05. The molecule has 0 spiro atoms. The molecule has 0 radical (unpaired) electrons. The Labute approximate surface area is 116 Å². The van der Waals surface area contributed by atoms with E-state index in [4.69, 9.17) is 11.6 Å². The Kier molecular flexibility index (Phi) is 2.88. The molecule has 96 valence electrons. The van der Waals surface area contributed by atoms with Crippen molar-refractivity contribution in [2.45, 2.75) is 0 Å². The molecule has 9 heteroatoms. The Morgan fingerprint density at radius 1 is 1.42 bits per heavy atom. The van der Waals surface area contributed by atoms with Crippen LogP contribution >= 0.6 is 23.1 Å². The van der Waals surface area contributed by atoms with Crippen molar-refractivity contribution in [2.75, 3.05) is 7.11 Å². The first-order valence-corrected chi connectivity index (χ1v) is 6.32. The lowest BCUT2D eigenvalue weighted by molar-refractivity contribution is 0.0600. The van der Waals surface area contributed by atoms with Crippen molar-refractivity contribution in [1.29, 1.82) is 0 Å². The third-order valence-electron chi connectivity index (χ3n) is 2.47. The van der Waals surface area contributed by atoms with Gasteiger partial charge in [0.05, 0.1) is 17.7 Å². The highest BCUT2D eigenvalue weighted by atomic mass is 35.5. The van der Waals surface area contributed by atoms with E-state index in [1.165, 1.54) is 24.7 Å². The number of esters is 1. The largest absolute Gasteiger partial charge is 0.465 e. The first-order valence-electron chi connectivity index (χ1n) is 5.10. The van der Waals surface area contributed by atoms with Crippen molar-refractivity contribution in [1.82, 2.24) is 24.2 Å². The lowest BCUT2D eigenvalue weighted by atomic mass is 10.3. The van der Waals surface area contributed by atoms with Gasteiger partial charge in [-0.3, -0.25) is 4.40 Å². The smallest absolute Gasteiger partial charge is 0.339 e. The summed E-state index contributed by atoms with van der Waals surface area (Å²) in [6, 6.07) is 1.49. The molecule has 0 unspecified atom stereocenters. The molecule has 0 fully saturated rings. The average molecular weight is 296 g/mol. The summed E-state index contributed by atoms with van der Waals surface area (Å²) in [4.78, 5) is 11.6. The molecular weight excluding hydrogens is 290 g/mol. The first-order chi connectivity index (χ1) is 9.20. The Morgan fingerprint density at radius 3 is 2.95 bits per heavy atom. The predicted octanol–water partition coefficient (Wildman–Crippen LogP) is 1.69. The first kappa shape index (κ1) is 12.0. The van der Waals surface area contributed by atoms with Gasteiger partial charge in [0.25, 0.3) is 0 Å². The van der Waals surface area contributed by atoms with Gasteiger partial charge in [0.2, 0.25) is 0 Å². The number of carbonyl (C=O) groups excluding carboxylic acids is 1. The molecule has 0 atom stereocenters. The van der Waals surface area contributed by atoms with Crippen molar-refractivity contribution < 1.29 is 9.53 Å². The van der Waals surface area contributed by atoms with E-state index < -0.39 is 5.97 Å². The van der Waals surface area contributed by atoms with E-state index in [1.54, 1.807) is 16.0 Å². The summed E-state index contributed by atoms with van der Waals surface area (Å²) in [6.45, 7) is 0. The number of methoxy groups -OCH3 is 1. The summed E-state index contributed by atoms with van der Waals surface area (Å²) in [5, 5.41) is 13.9. The van der Waals surface area contributed by atoms with Crippen LogP contribution in [-0.2, 0) is 4.74 Å². The number of halogens is 1. The van der Waals surface area contributed by atoms with Crippen LogP contribution in [0, 0.1) is 0 Å². The van der Waals surface area contributed by atoms with E-state index in [9.17, 15) is 4.79 Å². The molecule has 0 aliphatic rings. The fourth-order valence-corrected chi connectivity index (χ4v) is 2.30. The van der Waals surface area contributed by atoms with Crippen molar-refractivity contribution >= 4 is 34.7 Å². The summed E-state index contributed by atoms with van der Waals surface area (Å²) in [5.74, 6) is -0.0174. The monoisotopic (exact) mass is 295 g/mol. The van der Waals surface area contributed by atoms with Crippen LogP contribution in [0.4, 0.5) is 0 Å². The van der Waals surface area contributed by atoms with Crippen LogP contribution in [0.15, 0.2) is 17.6 Å². The number of hydrogen-bond acceptors (Lipinski definition) is 7. The molecular formula is C10H6ClN5O2S. The number of hydrogen-bond donors (Lipinski definition) is 0. The maximum Gasteiger partial charge on any atom is 0.339 e. The number of aromatic nitrogens is 5. The lowest BCUT2D eigenvalue weighted by Gasteiger charge is -2.03. The lowest BCUT2D eigenvalue weighted by Crippen LogP contribution is -2.04. The van der Waals surface area contributed by atoms with Crippen LogP contribution in [0.25, 0.3) is 17.2 Å². The summed E-state index contributed by atoms with van der Waals surface area (Å²) >= 11 is 7.27. The number of rotatable bonds is 2. The minimum atomic E-state index is -0.486. The van der Waals surface area contributed by atoms with E-state index in [0.29, 0.717) is 27.8 Å². The van der Waals surface area contributed by atoms with E-state index in [2.05, 4.69) is 24.5 Å². The number of pyridine rings is 1. The topological polar surface area (TPSA) is 82.3 Å². The van der Waals surface area contributed by atoms with Gasteiger partial charge < -0.3 is 4.74 Å². The Morgan fingerprint density at radius 2 is 2.26 bits per heavy atom. The number of ether oxygens (including phenoxy) is 1. The molecule has 0 bridgehead atoms. The minimum absolute atomic E-state index is 0.309. The third-order valence-corrected chi connectivity index (χ3v) is 3.25. The quantitative estimate of drug-likeness (QED) is 0.669. The zero-order chi connectivity index (χ0) is 13.4. The van der Waals surface area contributed by atoms with Crippen LogP contribution in [-0.4, -0.2) is 37.3 Å². The molecule has 3 heterocycles. The van der Waals surface area contributed by atoms with Crippen LogP contribution < -0.4 is 0 Å². The highest BCUT2D eigenvalue weighted by Gasteiger charge is 2.16. The highest BCUT2D eigenvalue weighted by molar-refractivity contribution is 7.03. The standard InChI is InChI=1S/C10H6ClN5O2S/c1-18-10(17)5-2-6(11)8-13-14-9(16(8)3-5)7-4-19-15-12-7/h2-4H,1H3. The molecule has 3 rings (SSSR count). The Balaban J connectivity index is 2.26. The molecule has 7 nitrogen and oxygen atoms in total. The summed E-state index contributed by atoms with van der Waals surface area (Å²) < 4.78 is 10.0. The zero-order valence-corrected chi connectivity index (χ0v) is 11.1. The Bertz CT molecular complexity index is 755. The molecule has 3 aromatic heterocycles. The summed E-state index contributed by atoms with van der Waals surface area (Å²) in [5.41, 5.74) is 1.32. The maximum atomic E-state index is 11.6. The van der Waals surface area contributed by atoms with E-state index in [-0.39, 0.29) is 0 Å². The second-order valence-electron chi connectivity index (χ2n) is 3.58. The SMILES string of the molecule is COC(=O)c1cc(Cl)c2nnc(-c3csnn3)n2c1. The Hall–Kier alpha value is -2.06. The fourth-order valence-electron chi connectivity index (χ4n) is 1.62. The van der Waals surface area contributed by atoms with E-state index in [0.717, 1.165) is 0 Å². The van der Waals surface area contributed by atoms with Crippen LogP contribution in [0.3, 0.4) is 0 Å². The molecule has 0 amide bonds. The highest BCUT2D eigenvalue weighted by Crippen LogP contribution is 2.23. The van der Waals surface area contributed by atoms with Crippen LogP contribution in [0.5, 0.6) is 0 Å². The molecule has 3 aromatic rings. The van der Waals surface area contributed by atoms with Gasteiger partial charge in [-0.05, 0) is 17.6 Å². The maximum absolute atomic E-state index is 11.6. The fraction of sp³-hybridized carbons (Fsp3) is 0.100. The second kappa shape index (κ2) is 4.56. The zero-order valence-electron chi connectivity index (χ0n) is 9.57. The molecule has 19 heavy (non-hydrogen) atoms. The van der Waals surface area contributed by atoms with Crippen molar-refractivity contribution in [3.05, 3.63) is 28.2 Å². The van der Waals surface area contributed by atoms with Crippen molar-refractivity contribution in [3.8, 4) is 11.5 Å². The molecule has 0 saturated heterocycles. The minimum Gasteiger partial charge on any atom is -0.465 e. The van der Waals surface area contributed by atoms with Gasteiger partial charge in [-0.2, -0.15) is 0 Å². The van der Waals surface area contributed by atoms with Gasteiger partial charge in [0.1, 0.15) is 5.69 Å². The van der Waals surface area contributed by atoms with Gasteiger partial charge in [0, 0.05) is 11.6 Å². The summed E-state index contributed by atoms with van der Waals surface area (Å²) in [7, 11) is 1.30. The van der Waals surface area contributed by atoms with Crippen LogP contribution in [0.1, 0.15) is 10.4 Å². The van der Waals surface area contributed by atoms with Gasteiger partial charge in [-0.15, -0.1) is 15.3 Å². The van der Waals surface area contributed by atoms with E-state index >= 15 is 0 Å². The van der Waals surface area contributed by atoms with Gasteiger partial charge in [-0.1, -0.05) is 16.1 Å². The predicted molar refractivity (Wildman–Crippen MR) is 68.2 cm³/mol. The van der Waals surface area contributed by atoms with Gasteiger partial charge in [-0.25, -0.2) is 4.79 Å². The van der Waals surface area contributed by atoms with Crippen LogP contribution in [0.2, 0.25) is 5.02 Å². The normalized spacial score (nSPS) is 10.8. The molecule has 0 aromatic carbocycles. The van der Waals surface area contributed by atoms with Gasteiger partial charge in [0.15, 0.2) is 11.5 Å². The molecule has 0 N–H and O–H groups in total. The molecule has 0 saturated carbocycles. The number of nitrogens with zero attached hydrogens (tertiary/aromatic N) is 5. The third kappa shape index (κ3) is 1.94. The molecule has 0 aliphatic heterocycles.